The molecule has 1 aromatic carbocycles. The maximum Gasteiger partial charge on any atom is 0.335 e. The SMILES string of the molecule is NC1=NC2=NC=C(CCc3ccc(C(=O)O)cc3)C2C(=O)N1. The number of nitrogens with two attached hydrogens (primary N) is 1. The number of carbonyl (C=O) groups is 2. The van der Waals surface area contributed by atoms with E-state index in [0.29, 0.717) is 18.7 Å². The van der Waals surface area contributed by atoms with E-state index in [9.17, 15) is 9.59 Å². The summed E-state index contributed by atoms with van der Waals surface area (Å²) < 4.78 is 0. The minimum absolute atomic E-state index is 0.0684. The zero-order valence-corrected chi connectivity index (χ0v) is 11.6. The number of carboxylic acid groups (broad SMARTS) is 1. The quantitative estimate of drug-likeness (QED) is 0.757. The van der Waals surface area contributed by atoms with Crippen molar-refractivity contribution in [2.75, 3.05) is 0 Å². The third-order valence-corrected chi connectivity index (χ3v) is 3.64. The minimum Gasteiger partial charge on any atom is -0.478 e. The number of amidine groups is 1. The summed E-state index contributed by atoms with van der Waals surface area (Å²) in [6.07, 6.45) is 3.00. The van der Waals surface area contributed by atoms with Crippen LogP contribution in [0, 0.1) is 5.92 Å². The zero-order chi connectivity index (χ0) is 15.7. The number of aryl methyl sites for hydroxylation is 1. The molecular weight excluding hydrogens is 284 g/mol. The molecule has 0 aliphatic carbocycles. The van der Waals surface area contributed by atoms with Crippen molar-refractivity contribution >= 4 is 23.7 Å². The fourth-order valence-electron chi connectivity index (χ4n) is 2.50. The maximum absolute atomic E-state index is 12.0. The van der Waals surface area contributed by atoms with Gasteiger partial charge in [-0.1, -0.05) is 12.1 Å². The number of rotatable bonds is 4. The van der Waals surface area contributed by atoms with Gasteiger partial charge in [-0.3, -0.25) is 10.1 Å². The monoisotopic (exact) mass is 298 g/mol. The first kappa shape index (κ1) is 14.0. The largest absolute Gasteiger partial charge is 0.478 e. The molecule has 1 aromatic rings. The average molecular weight is 298 g/mol. The van der Waals surface area contributed by atoms with Gasteiger partial charge in [-0.05, 0) is 36.1 Å². The molecule has 7 heteroatoms. The Labute approximate surface area is 126 Å². The smallest absolute Gasteiger partial charge is 0.335 e. The minimum atomic E-state index is -0.947. The number of amides is 1. The first-order valence-corrected chi connectivity index (χ1v) is 6.78. The van der Waals surface area contributed by atoms with Gasteiger partial charge >= 0.3 is 5.97 Å². The van der Waals surface area contributed by atoms with Crippen LogP contribution in [0.2, 0.25) is 0 Å². The number of hydrogen-bond donors (Lipinski definition) is 3. The van der Waals surface area contributed by atoms with Crippen LogP contribution in [0.25, 0.3) is 0 Å². The summed E-state index contributed by atoms with van der Waals surface area (Å²) in [6.45, 7) is 0. The van der Waals surface area contributed by atoms with Gasteiger partial charge in [0.15, 0.2) is 0 Å². The Balaban J connectivity index is 1.66. The number of fused-ring (bicyclic) bond motifs is 1. The lowest BCUT2D eigenvalue weighted by Gasteiger charge is -2.19. The van der Waals surface area contributed by atoms with Crippen LogP contribution >= 0.6 is 0 Å². The number of benzene rings is 1. The highest BCUT2D eigenvalue weighted by molar-refractivity contribution is 6.19. The van der Waals surface area contributed by atoms with Gasteiger partial charge in [0.25, 0.3) is 0 Å². The standard InChI is InChI=1S/C15H14N4O3/c16-15-18-12-11(13(20)19-15)10(7-17-12)6-3-8-1-4-9(5-2-8)14(21)22/h1-2,4-5,7,11H,3,6H2,(H,21,22)(H3,16,17,18,19,20). The average Bonchev–Trinajstić information content (AvgIpc) is 2.88. The number of hydrogen-bond acceptors (Lipinski definition) is 5. The van der Waals surface area contributed by atoms with Gasteiger partial charge in [-0.15, -0.1) is 0 Å². The number of aliphatic imine (C=N–C) groups is 2. The number of nitrogens with zero attached hydrogens (tertiary/aromatic N) is 2. The Morgan fingerprint density at radius 1 is 1.27 bits per heavy atom. The van der Waals surface area contributed by atoms with E-state index in [2.05, 4.69) is 15.3 Å². The highest BCUT2D eigenvalue weighted by Crippen LogP contribution is 2.27. The lowest BCUT2D eigenvalue weighted by atomic mass is 9.93. The second-order valence-electron chi connectivity index (χ2n) is 5.11. The molecule has 2 aliphatic heterocycles. The van der Waals surface area contributed by atoms with Crippen LogP contribution in [-0.4, -0.2) is 28.8 Å². The topological polar surface area (TPSA) is 117 Å². The number of carbonyl (C=O) groups excluding carboxylic acids is 1. The van der Waals surface area contributed by atoms with Crippen LogP contribution < -0.4 is 11.1 Å². The van der Waals surface area contributed by atoms with Crippen LogP contribution in [0.15, 0.2) is 46.0 Å². The van der Waals surface area contributed by atoms with Crippen molar-refractivity contribution in [1.29, 1.82) is 0 Å². The molecule has 0 radical (unpaired) electrons. The number of aromatic carboxylic acids is 1. The molecule has 3 rings (SSSR count). The summed E-state index contributed by atoms with van der Waals surface area (Å²) in [5, 5.41) is 11.4. The van der Waals surface area contributed by atoms with Crippen molar-refractivity contribution in [2.45, 2.75) is 12.8 Å². The molecule has 0 saturated carbocycles. The Morgan fingerprint density at radius 3 is 2.68 bits per heavy atom. The van der Waals surface area contributed by atoms with Crippen molar-refractivity contribution in [3.63, 3.8) is 0 Å². The van der Waals surface area contributed by atoms with Gasteiger partial charge < -0.3 is 10.8 Å². The molecule has 112 valence electrons. The summed E-state index contributed by atoms with van der Waals surface area (Å²) in [4.78, 5) is 30.9. The molecule has 0 spiro atoms. The van der Waals surface area contributed by atoms with Gasteiger partial charge in [-0.25, -0.2) is 9.79 Å². The Kier molecular flexibility index (Phi) is 3.46. The first-order valence-electron chi connectivity index (χ1n) is 6.78. The molecule has 4 N–H and O–H groups in total. The first-order chi connectivity index (χ1) is 10.5. The van der Waals surface area contributed by atoms with E-state index >= 15 is 0 Å². The highest BCUT2D eigenvalue weighted by atomic mass is 16.4. The van der Waals surface area contributed by atoms with E-state index in [1.807, 2.05) is 0 Å². The third-order valence-electron chi connectivity index (χ3n) is 3.64. The predicted octanol–water partition coefficient (Wildman–Crippen LogP) is 0.674. The normalized spacial score (nSPS) is 19.7. The van der Waals surface area contributed by atoms with E-state index in [-0.39, 0.29) is 17.4 Å². The van der Waals surface area contributed by atoms with Gasteiger partial charge in [0, 0.05) is 6.20 Å². The summed E-state index contributed by atoms with van der Waals surface area (Å²) in [5.41, 5.74) is 7.63. The van der Waals surface area contributed by atoms with Gasteiger partial charge in [-0.2, -0.15) is 4.99 Å². The van der Waals surface area contributed by atoms with E-state index in [1.165, 1.54) is 0 Å². The highest BCUT2D eigenvalue weighted by Gasteiger charge is 2.35. The number of nitrogens with one attached hydrogen (secondary N) is 1. The van der Waals surface area contributed by atoms with Crippen molar-refractivity contribution in [3.8, 4) is 0 Å². The van der Waals surface area contributed by atoms with Crippen molar-refractivity contribution < 1.29 is 14.7 Å². The van der Waals surface area contributed by atoms with Crippen molar-refractivity contribution in [2.24, 2.45) is 21.6 Å². The van der Waals surface area contributed by atoms with Gasteiger partial charge in [0.05, 0.1) is 5.56 Å². The van der Waals surface area contributed by atoms with Crippen LogP contribution in [0.4, 0.5) is 0 Å². The molecule has 1 atom stereocenters. The molecule has 22 heavy (non-hydrogen) atoms. The molecule has 0 saturated heterocycles. The molecule has 0 fully saturated rings. The summed E-state index contributed by atoms with van der Waals surface area (Å²) in [5.74, 6) is -1.13. The van der Waals surface area contributed by atoms with Gasteiger partial charge in [0.1, 0.15) is 11.8 Å². The molecule has 0 aromatic heterocycles. The lowest BCUT2D eigenvalue weighted by molar-refractivity contribution is -0.120. The Hall–Kier alpha value is -2.96. The Morgan fingerprint density at radius 2 is 2.00 bits per heavy atom. The van der Waals surface area contributed by atoms with E-state index in [1.54, 1.807) is 30.5 Å². The fraction of sp³-hybridized carbons (Fsp3) is 0.200. The lowest BCUT2D eigenvalue weighted by Crippen LogP contribution is -2.47. The second kappa shape index (κ2) is 5.44. The van der Waals surface area contributed by atoms with Crippen LogP contribution in [0.5, 0.6) is 0 Å². The molecule has 0 bridgehead atoms. The zero-order valence-electron chi connectivity index (χ0n) is 11.6. The molecule has 2 aliphatic rings. The van der Waals surface area contributed by atoms with Crippen LogP contribution in [-0.2, 0) is 11.2 Å². The molecular formula is C15H14N4O3. The summed E-state index contributed by atoms with van der Waals surface area (Å²) in [6, 6.07) is 6.69. The molecule has 7 nitrogen and oxygen atoms in total. The number of guanidine groups is 1. The van der Waals surface area contributed by atoms with Crippen LogP contribution in [0.3, 0.4) is 0 Å². The van der Waals surface area contributed by atoms with E-state index in [4.69, 9.17) is 10.8 Å². The fourth-order valence-corrected chi connectivity index (χ4v) is 2.50. The summed E-state index contributed by atoms with van der Waals surface area (Å²) >= 11 is 0. The molecule has 1 unspecified atom stereocenters. The van der Waals surface area contributed by atoms with Crippen LogP contribution in [0.1, 0.15) is 22.3 Å². The molecule has 1 amide bonds. The summed E-state index contributed by atoms with van der Waals surface area (Å²) in [7, 11) is 0. The van der Waals surface area contributed by atoms with Crippen molar-refractivity contribution in [3.05, 3.63) is 47.2 Å². The van der Waals surface area contributed by atoms with E-state index in [0.717, 1.165) is 11.1 Å². The third kappa shape index (κ3) is 2.60. The Bertz CT molecular complexity index is 732. The predicted molar refractivity (Wildman–Crippen MR) is 80.5 cm³/mol. The van der Waals surface area contributed by atoms with Crippen molar-refractivity contribution in [1.82, 2.24) is 5.32 Å². The number of carboxylic acids is 1. The second-order valence-corrected chi connectivity index (χ2v) is 5.11. The van der Waals surface area contributed by atoms with Gasteiger partial charge in [0.2, 0.25) is 11.9 Å². The molecule has 2 heterocycles. The maximum atomic E-state index is 12.0. The van der Waals surface area contributed by atoms with E-state index < -0.39 is 11.9 Å².